The Kier molecular flexibility index (Phi) is 68.6. The van der Waals surface area contributed by atoms with Crippen molar-refractivity contribution < 1.29 is 80.2 Å². The quantitative estimate of drug-likeness (QED) is 0.0169. The van der Waals surface area contributed by atoms with Crippen molar-refractivity contribution in [1.82, 2.24) is 0 Å². The molecule has 17 nitrogen and oxygen atoms in total. The van der Waals surface area contributed by atoms with Crippen LogP contribution in [0, 0.1) is 0 Å². The first-order chi connectivity index (χ1) is 48.7. The van der Waals surface area contributed by atoms with E-state index in [0.29, 0.717) is 25.7 Å². The highest BCUT2D eigenvalue weighted by Gasteiger charge is 2.30. The molecule has 5 unspecified atom stereocenters. The van der Waals surface area contributed by atoms with Crippen molar-refractivity contribution in [3.8, 4) is 0 Å². The van der Waals surface area contributed by atoms with Gasteiger partial charge in [0.05, 0.1) is 32.8 Å². The standard InChI is InChI=1S/C81H134O17P2/c1-5-9-13-17-21-25-29-33-36-37-40-43-46-50-54-58-62-66-79(84)92-72-77(98-81(86)68-64-60-56-52-48-44-39-35-31-27-23-19-15-11-7-3)74-96-100(89,90)94-70-75(82)69-93-99(87,88)95-73-76(97-80(85)67-63-59-55-51-47-41-32-28-24-20-16-12-8-4)71-91-78(83)65-61-57-53-49-45-42-38-34-30-26-22-18-14-10-6-2/h9-11,13-15,21-23,25-27,33-36,38-40,43,48,52,60,64,75-77,82H,5-8,12,16-20,24,28-32,37,41-42,44-47,49-51,53-59,61-63,65-74H2,1-4H3,(H,87,88)(H,89,90)/b13-9-,14-10-,15-11-,25-21-,26-22-,27-23-,36-33-,38-34-,39-35-,43-40-,52-48-,64-60-. The molecule has 0 amide bonds. The van der Waals surface area contributed by atoms with E-state index in [4.69, 9.17) is 37.0 Å². The number of carbonyl (C=O) groups is 4. The molecular formula is C81H134O17P2. The summed E-state index contributed by atoms with van der Waals surface area (Å²) in [6, 6.07) is 0. The molecule has 0 aliphatic carbocycles. The minimum Gasteiger partial charge on any atom is -0.462 e. The predicted octanol–water partition coefficient (Wildman–Crippen LogP) is 21.9. The zero-order valence-electron chi connectivity index (χ0n) is 62.1. The Labute approximate surface area is 605 Å². The van der Waals surface area contributed by atoms with Crippen LogP contribution in [0.1, 0.15) is 285 Å². The zero-order valence-corrected chi connectivity index (χ0v) is 63.9. The van der Waals surface area contributed by atoms with Gasteiger partial charge in [0.1, 0.15) is 19.3 Å². The van der Waals surface area contributed by atoms with Gasteiger partial charge in [-0.2, -0.15) is 0 Å². The van der Waals surface area contributed by atoms with Crippen LogP contribution in [-0.4, -0.2) is 96.7 Å². The summed E-state index contributed by atoms with van der Waals surface area (Å²) in [5.41, 5.74) is 0. The Hall–Kier alpha value is -5.06. The molecular weight excluding hydrogens is 1310 g/mol. The fourth-order valence-electron chi connectivity index (χ4n) is 9.65. The number of phosphoric ester groups is 2. The molecule has 0 saturated heterocycles. The number of phosphoric acid groups is 2. The van der Waals surface area contributed by atoms with E-state index in [1.165, 1.54) is 51.4 Å². The first-order valence-electron chi connectivity index (χ1n) is 38.1. The number of aliphatic hydroxyl groups excluding tert-OH is 1. The molecule has 0 rings (SSSR count). The van der Waals surface area contributed by atoms with E-state index >= 15 is 0 Å². The van der Waals surface area contributed by atoms with E-state index in [1.807, 2.05) is 12.2 Å². The van der Waals surface area contributed by atoms with Gasteiger partial charge >= 0.3 is 39.5 Å². The maximum absolute atomic E-state index is 13.1. The van der Waals surface area contributed by atoms with Gasteiger partial charge in [-0.3, -0.25) is 37.3 Å². The molecule has 3 N–H and O–H groups in total. The number of hydrogen-bond donors (Lipinski definition) is 3. The third-order valence-electron chi connectivity index (χ3n) is 15.3. The molecule has 570 valence electrons. The lowest BCUT2D eigenvalue weighted by Crippen LogP contribution is -2.30. The average molecular weight is 1440 g/mol. The number of carbonyl (C=O) groups excluding carboxylic acids is 4. The maximum Gasteiger partial charge on any atom is 0.472 e. The van der Waals surface area contributed by atoms with Gasteiger partial charge in [0, 0.05) is 19.3 Å². The lowest BCUT2D eigenvalue weighted by atomic mass is 10.0. The Morgan fingerprint density at radius 2 is 0.560 bits per heavy atom. The van der Waals surface area contributed by atoms with Crippen LogP contribution in [0.15, 0.2) is 146 Å². The van der Waals surface area contributed by atoms with Crippen molar-refractivity contribution in [1.29, 1.82) is 0 Å². The molecule has 0 heterocycles. The largest absolute Gasteiger partial charge is 0.472 e. The molecule has 100 heavy (non-hydrogen) atoms. The summed E-state index contributed by atoms with van der Waals surface area (Å²) < 4.78 is 68.3. The fraction of sp³-hybridized carbons (Fsp3) is 0.654. The second kappa shape index (κ2) is 72.3. The van der Waals surface area contributed by atoms with E-state index in [9.17, 15) is 43.2 Å². The first-order valence-corrected chi connectivity index (χ1v) is 41.1. The lowest BCUT2D eigenvalue weighted by Gasteiger charge is -2.21. The summed E-state index contributed by atoms with van der Waals surface area (Å²) in [7, 11) is -10.00. The van der Waals surface area contributed by atoms with Gasteiger partial charge in [0.2, 0.25) is 0 Å². The van der Waals surface area contributed by atoms with Crippen molar-refractivity contribution in [3.63, 3.8) is 0 Å². The summed E-state index contributed by atoms with van der Waals surface area (Å²) in [5, 5.41) is 10.6. The van der Waals surface area contributed by atoms with Crippen LogP contribution in [0.5, 0.6) is 0 Å². The van der Waals surface area contributed by atoms with Gasteiger partial charge in [0.15, 0.2) is 12.2 Å². The summed E-state index contributed by atoms with van der Waals surface area (Å²) in [6.45, 7) is 4.36. The minimum absolute atomic E-state index is 0.0876. The van der Waals surface area contributed by atoms with Crippen LogP contribution in [0.25, 0.3) is 0 Å². The Morgan fingerprint density at radius 1 is 0.300 bits per heavy atom. The van der Waals surface area contributed by atoms with Crippen molar-refractivity contribution >= 4 is 39.5 Å². The number of allylic oxidation sites excluding steroid dienone is 23. The van der Waals surface area contributed by atoms with E-state index in [-0.39, 0.29) is 25.7 Å². The maximum atomic E-state index is 13.1. The van der Waals surface area contributed by atoms with Crippen molar-refractivity contribution in [2.75, 3.05) is 39.6 Å². The molecule has 0 aromatic heterocycles. The number of rotatable bonds is 70. The van der Waals surface area contributed by atoms with Crippen molar-refractivity contribution in [3.05, 3.63) is 146 Å². The van der Waals surface area contributed by atoms with Crippen molar-refractivity contribution in [2.45, 2.75) is 303 Å². The van der Waals surface area contributed by atoms with Gasteiger partial charge in [0.25, 0.3) is 0 Å². The van der Waals surface area contributed by atoms with Gasteiger partial charge in [-0.25, -0.2) is 9.13 Å². The normalized spacial score (nSPS) is 14.8. The second-order valence-electron chi connectivity index (χ2n) is 24.8. The first kappa shape index (κ1) is 94.9. The van der Waals surface area contributed by atoms with E-state index in [1.54, 1.807) is 12.2 Å². The van der Waals surface area contributed by atoms with Crippen LogP contribution >= 0.6 is 15.6 Å². The van der Waals surface area contributed by atoms with Gasteiger partial charge in [-0.15, -0.1) is 0 Å². The summed E-state index contributed by atoms with van der Waals surface area (Å²) in [5.74, 6) is -2.37. The van der Waals surface area contributed by atoms with E-state index < -0.39 is 97.5 Å². The highest BCUT2D eigenvalue weighted by Crippen LogP contribution is 2.45. The SMILES string of the molecule is CC/C=C\C/C=C\C/C=C\C/C=C\C/C=C\CC(=O)OC(COC(=O)CCCCCC/C=C\C/C=C\C/C=C\C/C=C\CC)COP(=O)(O)OCC(O)COP(=O)(O)OCC(COC(=O)CCCCCCC/C=C\C/C=C\C/C=C\CC)OC(=O)CCCCCCCCCCCCCCC. The van der Waals surface area contributed by atoms with Gasteiger partial charge in [-0.1, -0.05) is 283 Å². The molecule has 0 saturated carbocycles. The number of hydrogen-bond acceptors (Lipinski definition) is 15. The second-order valence-corrected chi connectivity index (χ2v) is 27.7. The predicted molar refractivity (Wildman–Crippen MR) is 408 cm³/mol. The van der Waals surface area contributed by atoms with Crippen LogP contribution < -0.4 is 0 Å². The number of aliphatic hydroxyl groups is 1. The number of unbranched alkanes of at least 4 members (excludes halogenated alkanes) is 21. The Balaban J connectivity index is 5.45. The molecule has 0 aliphatic heterocycles. The van der Waals surface area contributed by atoms with Gasteiger partial charge < -0.3 is 33.8 Å². The molecule has 0 aromatic carbocycles. The molecule has 5 atom stereocenters. The molecule has 0 radical (unpaired) electrons. The third-order valence-corrected chi connectivity index (χ3v) is 17.2. The summed E-state index contributed by atoms with van der Waals surface area (Å²) >= 11 is 0. The van der Waals surface area contributed by atoms with Crippen molar-refractivity contribution in [2.24, 2.45) is 0 Å². The van der Waals surface area contributed by atoms with E-state index in [2.05, 4.69) is 149 Å². The minimum atomic E-state index is -5.01. The monoisotopic (exact) mass is 1440 g/mol. The van der Waals surface area contributed by atoms with Crippen LogP contribution in [-0.2, 0) is 65.4 Å². The molecule has 0 bridgehead atoms. The lowest BCUT2D eigenvalue weighted by molar-refractivity contribution is -0.161. The van der Waals surface area contributed by atoms with Crippen LogP contribution in [0.4, 0.5) is 0 Å². The highest BCUT2D eigenvalue weighted by atomic mass is 31.2. The smallest absolute Gasteiger partial charge is 0.462 e. The third kappa shape index (κ3) is 71.3. The highest BCUT2D eigenvalue weighted by molar-refractivity contribution is 7.47. The Morgan fingerprint density at radius 3 is 0.890 bits per heavy atom. The molecule has 0 spiro atoms. The van der Waals surface area contributed by atoms with E-state index in [0.717, 1.165) is 154 Å². The molecule has 19 heteroatoms. The van der Waals surface area contributed by atoms with Crippen LogP contribution in [0.2, 0.25) is 0 Å². The number of ether oxygens (including phenoxy) is 4. The Bertz CT molecular complexity index is 2470. The molecule has 0 aliphatic rings. The zero-order chi connectivity index (χ0) is 73.2. The van der Waals surface area contributed by atoms with Gasteiger partial charge in [-0.05, 0) is 122 Å². The number of esters is 4. The summed E-state index contributed by atoms with van der Waals surface area (Å²) in [6.07, 6.45) is 81.6. The summed E-state index contributed by atoms with van der Waals surface area (Å²) in [4.78, 5) is 72.8. The molecule has 0 aromatic rings. The average Bonchev–Trinajstić information content (AvgIpc) is 0.932. The fourth-order valence-corrected chi connectivity index (χ4v) is 11.2. The topological polar surface area (TPSA) is 237 Å². The van der Waals surface area contributed by atoms with Crippen LogP contribution in [0.3, 0.4) is 0 Å². The molecule has 0 fully saturated rings.